The molecule has 0 saturated carbocycles. The molecule has 2 aliphatic rings. The molecule has 8 nitrogen and oxygen atoms in total. The van der Waals surface area contributed by atoms with Crippen molar-refractivity contribution in [3.8, 4) is 5.75 Å². The Morgan fingerprint density at radius 3 is 2.83 bits per heavy atom. The van der Waals surface area contributed by atoms with Crippen LogP contribution in [0.1, 0.15) is 11.1 Å². The number of nitrogens with one attached hydrogen (secondary N) is 2. The van der Waals surface area contributed by atoms with Crippen molar-refractivity contribution >= 4 is 21.7 Å². The molecular weight excluding hydrogens is 417 g/mol. The van der Waals surface area contributed by atoms with Crippen LogP contribution in [0.4, 0.5) is 13.2 Å². The second-order valence-corrected chi connectivity index (χ2v) is 7.82. The number of benzene rings is 1. The van der Waals surface area contributed by atoms with Gasteiger partial charge in [0, 0.05) is 23.9 Å². The third kappa shape index (κ3) is 5.40. The van der Waals surface area contributed by atoms with Crippen molar-refractivity contribution in [2.75, 3.05) is 33.0 Å². The van der Waals surface area contributed by atoms with Gasteiger partial charge >= 0.3 is 15.6 Å². The summed E-state index contributed by atoms with van der Waals surface area (Å²) in [4.78, 5) is 0. The highest BCUT2D eigenvalue weighted by atomic mass is 32.2. The summed E-state index contributed by atoms with van der Waals surface area (Å²) in [5, 5.41) is 11.0. The molecule has 2 N–H and O–H groups in total. The molecule has 1 aromatic carbocycles. The van der Waals surface area contributed by atoms with Gasteiger partial charge in [-0.3, -0.25) is 5.41 Å². The van der Waals surface area contributed by atoms with Gasteiger partial charge in [-0.25, -0.2) is 0 Å². The predicted molar refractivity (Wildman–Crippen MR) is 96.0 cm³/mol. The fourth-order valence-electron chi connectivity index (χ4n) is 2.81. The second-order valence-electron chi connectivity index (χ2n) is 6.28. The van der Waals surface area contributed by atoms with Crippen molar-refractivity contribution in [2.45, 2.75) is 18.0 Å². The minimum absolute atomic E-state index is 0.130. The van der Waals surface area contributed by atoms with E-state index in [0.717, 1.165) is 6.07 Å². The van der Waals surface area contributed by atoms with Crippen molar-refractivity contribution in [3.63, 3.8) is 0 Å². The van der Waals surface area contributed by atoms with E-state index in [1.54, 1.807) is 0 Å². The van der Waals surface area contributed by atoms with Crippen LogP contribution < -0.4 is 9.50 Å². The molecule has 0 spiro atoms. The Bertz CT molecular complexity index is 895. The largest absolute Gasteiger partial charge is 0.534 e. The van der Waals surface area contributed by atoms with Gasteiger partial charge in [-0.1, -0.05) is 0 Å². The first kappa shape index (κ1) is 21.4. The molecule has 1 fully saturated rings. The van der Waals surface area contributed by atoms with Gasteiger partial charge in [0.05, 0.1) is 19.8 Å². The van der Waals surface area contributed by atoms with E-state index in [4.69, 9.17) is 19.6 Å². The maximum atomic E-state index is 12.5. The maximum Gasteiger partial charge on any atom is 0.534 e. The summed E-state index contributed by atoms with van der Waals surface area (Å²) in [7, 11) is -5.73. The van der Waals surface area contributed by atoms with E-state index < -0.39 is 21.4 Å². The Balaban J connectivity index is 1.70. The Kier molecular flexibility index (Phi) is 6.34. The predicted octanol–water partition coefficient (Wildman–Crippen LogP) is 1.81. The smallest absolute Gasteiger partial charge is 0.475 e. The van der Waals surface area contributed by atoms with E-state index in [1.165, 1.54) is 18.2 Å². The zero-order valence-electron chi connectivity index (χ0n) is 15.1. The van der Waals surface area contributed by atoms with Crippen molar-refractivity contribution in [1.82, 2.24) is 5.32 Å². The lowest BCUT2D eigenvalue weighted by atomic mass is 9.97. The van der Waals surface area contributed by atoms with Crippen LogP contribution in [-0.2, 0) is 30.7 Å². The number of hydrogen-bond acceptors (Lipinski definition) is 8. The molecule has 0 radical (unpaired) electrons. The van der Waals surface area contributed by atoms with Crippen LogP contribution in [0.15, 0.2) is 24.3 Å². The SMILES string of the molecule is N=C(/C=C1\NCCc2cc(OS(=O)(=O)C(F)(F)F)ccc21)OC[C@H]1COCCO1. The Hall–Kier alpha value is -2.31. The molecule has 1 atom stereocenters. The van der Waals surface area contributed by atoms with Gasteiger partial charge in [0.15, 0.2) is 0 Å². The molecule has 0 aromatic heterocycles. The van der Waals surface area contributed by atoms with Crippen molar-refractivity contribution in [3.05, 3.63) is 35.4 Å². The lowest BCUT2D eigenvalue weighted by Gasteiger charge is -2.24. The van der Waals surface area contributed by atoms with Crippen LogP contribution in [0.3, 0.4) is 0 Å². The third-order valence-electron chi connectivity index (χ3n) is 4.15. The molecule has 1 saturated heterocycles. The number of fused-ring (bicyclic) bond motifs is 1. The van der Waals surface area contributed by atoms with Gasteiger partial charge in [0.2, 0.25) is 5.90 Å². The minimum Gasteiger partial charge on any atom is -0.475 e. The van der Waals surface area contributed by atoms with E-state index in [1.807, 2.05) is 0 Å². The lowest BCUT2D eigenvalue weighted by Crippen LogP contribution is -2.33. The fraction of sp³-hybridized carbons (Fsp3) is 0.471. The van der Waals surface area contributed by atoms with E-state index in [2.05, 4.69) is 9.50 Å². The van der Waals surface area contributed by atoms with E-state index in [9.17, 15) is 21.6 Å². The number of rotatable bonds is 5. The fourth-order valence-corrected chi connectivity index (χ4v) is 3.26. The standard InChI is InChI=1S/C17H19F3N2O6S/c18-17(19,20)29(23,24)28-12-1-2-14-11(7-12)3-4-22-15(14)8-16(21)27-10-13-9-25-5-6-26-13/h1-2,7-8,13,21-22H,3-6,9-10H2/b15-8-,21-16?/t13-/m1/s1. The summed E-state index contributed by atoms with van der Waals surface area (Å²) >= 11 is 0. The summed E-state index contributed by atoms with van der Waals surface area (Å²) in [5.41, 5.74) is -3.78. The molecule has 12 heteroatoms. The second kappa shape index (κ2) is 8.59. The van der Waals surface area contributed by atoms with Gasteiger partial charge in [-0.05, 0) is 30.2 Å². The average molecular weight is 436 g/mol. The van der Waals surface area contributed by atoms with E-state index >= 15 is 0 Å². The Morgan fingerprint density at radius 2 is 2.14 bits per heavy atom. The lowest BCUT2D eigenvalue weighted by molar-refractivity contribution is -0.103. The van der Waals surface area contributed by atoms with Gasteiger partial charge in [-0.15, -0.1) is 0 Å². The molecular formula is C17H19F3N2O6S. The van der Waals surface area contributed by atoms with Crippen molar-refractivity contribution in [1.29, 1.82) is 5.41 Å². The van der Waals surface area contributed by atoms with Crippen LogP contribution in [0.25, 0.3) is 5.70 Å². The molecule has 160 valence electrons. The highest BCUT2D eigenvalue weighted by molar-refractivity contribution is 7.88. The normalized spacial score (nSPS) is 21.2. The third-order valence-corrected chi connectivity index (χ3v) is 5.13. The van der Waals surface area contributed by atoms with Crippen LogP contribution in [0.5, 0.6) is 5.75 Å². The van der Waals surface area contributed by atoms with Gasteiger partial charge in [0.1, 0.15) is 18.5 Å². The molecule has 29 heavy (non-hydrogen) atoms. The first-order chi connectivity index (χ1) is 13.7. The quantitative estimate of drug-likeness (QED) is 0.314. The molecule has 0 amide bonds. The molecule has 0 bridgehead atoms. The summed E-state index contributed by atoms with van der Waals surface area (Å²) < 4.78 is 80.0. The summed E-state index contributed by atoms with van der Waals surface area (Å²) in [5.74, 6) is -0.558. The molecule has 0 unspecified atom stereocenters. The topological polar surface area (TPSA) is 107 Å². The highest BCUT2D eigenvalue weighted by Crippen LogP contribution is 2.30. The Labute approximate surface area is 165 Å². The van der Waals surface area contributed by atoms with Crippen LogP contribution in [0, 0.1) is 5.41 Å². The van der Waals surface area contributed by atoms with Crippen molar-refractivity contribution in [2.24, 2.45) is 0 Å². The monoisotopic (exact) mass is 436 g/mol. The van der Waals surface area contributed by atoms with Crippen LogP contribution in [-0.4, -0.2) is 58.9 Å². The van der Waals surface area contributed by atoms with Crippen molar-refractivity contribution < 1.29 is 40.0 Å². The first-order valence-corrected chi connectivity index (χ1v) is 10.1. The molecule has 2 heterocycles. The highest BCUT2D eigenvalue weighted by Gasteiger charge is 2.48. The number of hydrogen-bond donors (Lipinski definition) is 2. The summed E-state index contributed by atoms with van der Waals surface area (Å²) in [6, 6.07) is 3.80. The Morgan fingerprint density at radius 1 is 1.34 bits per heavy atom. The molecule has 0 aliphatic carbocycles. The number of halogens is 3. The molecule has 1 aromatic rings. The van der Waals surface area contributed by atoms with Gasteiger partial charge in [0.25, 0.3) is 0 Å². The van der Waals surface area contributed by atoms with E-state index in [-0.39, 0.29) is 18.6 Å². The summed E-state index contributed by atoms with van der Waals surface area (Å²) in [6.07, 6.45) is 1.62. The van der Waals surface area contributed by atoms with Gasteiger partial charge in [-0.2, -0.15) is 21.6 Å². The maximum absolute atomic E-state index is 12.5. The zero-order valence-corrected chi connectivity index (χ0v) is 15.9. The van der Waals surface area contributed by atoms with E-state index in [0.29, 0.717) is 49.6 Å². The molecule has 2 aliphatic heterocycles. The van der Waals surface area contributed by atoms with Crippen LogP contribution >= 0.6 is 0 Å². The number of alkyl halides is 3. The minimum atomic E-state index is -5.73. The first-order valence-electron chi connectivity index (χ1n) is 8.66. The number of ether oxygens (including phenoxy) is 3. The summed E-state index contributed by atoms with van der Waals surface area (Å²) in [6.45, 7) is 1.97. The van der Waals surface area contributed by atoms with Crippen LogP contribution in [0.2, 0.25) is 0 Å². The van der Waals surface area contributed by atoms with Gasteiger partial charge < -0.3 is 23.7 Å². The molecule has 3 rings (SSSR count). The average Bonchev–Trinajstić information content (AvgIpc) is 2.66. The zero-order chi connectivity index (χ0) is 21.1.